The standard InChI is InChI=1S/C15H25N3O2/c1-5-18(10-6-9-17(2)3)15(19)12-7-8-13(16)14(11-12)20-4/h7-8,11H,5-6,9-10,16H2,1-4H3. The van der Waals surface area contributed by atoms with Gasteiger partial charge in [0.1, 0.15) is 5.75 Å². The van der Waals surface area contributed by atoms with E-state index < -0.39 is 0 Å². The van der Waals surface area contributed by atoms with Crippen molar-refractivity contribution in [1.29, 1.82) is 0 Å². The topological polar surface area (TPSA) is 58.8 Å². The van der Waals surface area contributed by atoms with Gasteiger partial charge in [-0.15, -0.1) is 0 Å². The van der Waals surface area contributed by atoms with Crippen molar-refractivity contribution >= 4 is 11.6 Å². The van der Waals surface area contributed by atoms with Crippen molar-refractivity contribution in [2.45, 2.75) is 13.3 Å². The largest absolute Gasteiger partial charge is 0.495 e. The second-order valence-electron chi connectivity index (χ2n) is 5.00. The number of nitrogens with two attached hydrogens (primary N) is 1. The first-order valence-electron chi connectivity index (χ1n) is 6.87. The number of nitrogens with zero attached hydrogens (tertiary/aromatic N) is 2. The fourth-order valence-corrected chi connectivity index (χ4v) is 2.01. The van der Waals surface area contributed by atoms with Crippen LogP contribution < -0.4 is 10.5 Å². The summed E-state index contributed by atoms with van der Waals surface area (Å²) in [5.41, 5.74) is 6.92. The molecule has 0 unspecified atom stereocenters. The smallest absolute Gasteiger partial charge is 0.253 e. The molecule has 2 N–H and O–H groups in total. The molecule has 1 rings (SSSR count). The summed E-state index contributed by atoms with van der Waals surface area (Å²) in [5, 5.41) is 0. The fraction of sp³-hybridized carbons (Fsp3) is 0.533. The Morgan fingerprint density at radius 3 is 2.55 bits per heavy atom. The third-order valence-corrected chi connectivity index (χ3v) is 3.18. The molecule has 20 heavy (non-hydrogen) atoms. The number of carbonyl (C=O) groups excluding carboxylic acids is 1. The average Bonchev–Trinajstić information content (AvgIpc) is 2.43. The monoisotopic (exact) mass is 279 g/mol. The van der Waals surface area contributed by atoms with Gasteiger partial charge in [-0.2, -0.15) is 0 Å². The van der Waals surface area contributed by atoms with Crippen LogP contribution in [0.25, 0.3) is 0 Å². The van der Waals surface area contributed by atoms with Crippen LogP contribution in [0.2, 0.25) is 0 Å². The maximum absolute atomic E-state index is 12.4. The minimum Gasteiger partial charge on any atom is -0.495 e. The number of methoxy groups -OCH3 is 1. The number of amides is 1. The Morgan fingerprint density at radius 1 is 1.30 bits per heavy atom. The zero-order valence-corrected chi connectivity index (χ0v) is 12.8. The lowest BCUT2D eigenvalue weighted by molar-refractivity contribution is 0.0759. The Kier molecular flexibility index (Phi) is 6.31. The summed E-state index contributed by atoms with van der Waals surface area (Å²) in [6.07, 6.45) is 0.957. The van der Waals surface area contributed by atoms with Gasteiger partial charge in [0.2, 0.25) is 0 Å². The first kappa shape index (κ1) is 16.3. The average molecular weight is 279 g/mol. The van der Waals surface area contributed by atoms with E-state index >= 15 is 0 Å². The maximum Gasteiger partial charge on any atom is 0.253 e. The molecule has 0 aliphatic rings. The number of hydrogen-bond donors (Lipinski definition) is 1. The van der Waals surface area contributed by atoms with Gasteiger partial charge >= 0.3 is 0 Å². The van der Waals surface area contributed by atoms with Gasteiger partial charge in [-0.25, -0.2) is 0 Å². The van der Waals surface area contributed by atoms with Gasteiger partial charge in [-0.3, -0.25) is 4.79 Å². The molecule has 0 spiro atoms. The number of rotatable bonds is 7. The molecule has 0 aliphatic heterocycles. The lowest BCUT2D eigenvalue weighted by atomic mass is 10.1. The molecule has 5 heteroatoms. The molecule has 1 amide bonds. The molecule has 0 heterocycles. The Hall–Kier alpha value is -1.75. The van der Waals surface area contributed by atoms with E-state index in [1.807, 2.05) is 25.9 Å². The van der Waals surface area contributed by atoms with Crippen molar-refractivity contribution in [1.82, 2.24) is 9.80 Å². The SMILES string of the molecule is CCN(CCCN(C)C)C(=O)c1ccc(N)c(OC)c1. The zero-order valence-electron chi connectivity index (χ0n) is 12.8. The van der Waals surface area contributed by atoms with E-state index in [4.69, 9.17) is 10.5 Å². The minimum atomic E-state index is 0.0181. The van der Waals surface area contributed by atoms with E-state index in [1.165, 1.54) is 0 Å². The molecule has 0 bridgehead atoms. The van der Waals surface area contributed by atoms with Gasteiger partial charge in [0, 0.05) is 18.7 Å². The summed E-state index contributed by atoms with van der Waals surface area (Å²) in [4.78, 5) is 16.4. The van der Waals surface area contributed by atoms with Crippen LogP contribution in [-0.2, 0) is 0 Å². The Bertz CT molecular complexity index is 447. The Labute approximate surface area is 121 Å². The molecule has 0 fully saturated rings. The first-order chi connectivity index (χ1) is 9.49. The zero-order chi connectivity index (χ0) is 15.1. The number of carbonyl (C=O) groups is 1. The highest BCUT2D eigenvalue weighted by Gasteiger charge is 2.15. The summed E-state index contributed by atoms with van der Waals surface area (Å²) >= 11 is 0. The maximum atomic E-state index is 12.4. The molecular weight excluding hydrogens is 254 g/mol. The second-order valence-corrected chi connectivity index (χ2v) is 5.00. The fourth-order valence-electron chi connectivity index (χ4n) is 2.01. The van der Waals surface area contributed by atoms with Crippen molar-refractivity contribution in [3.63, 3.8) is 0 Å². The van der Waals surface area contributed by atoms with Crippen molar-refractivity contribution in [3.8, 4) is 5.75 Å². The molecule has 0 saturated carbocycles. The van der Waals surface area contributed by atoms with E-state index in [0.717, 1.165) is 19.5 Å². The van der Waals surface area contributed by atoms with E-state index in [9.17, 15) is 4.79 Å². The van der Waals surface area contributed by atoms with Gasteiger partial charge in [0.15, 0.2) is 0 Å². The van der Waals surface area contributed by atoms with Gasteiger partial charge in [-0.1, -0.05) is 0 Å². The van der Waals surface area contributed by atoms with Crippen LogP contribution in [0.15, 0.2) is 18.2 Å². The first-order valence-corrected chi connectivity index (χ1v) is 6.87. The van der Waals surface area contributed by atoms with Crippen molar-refractivity contribution in [3.05, 3.63) is 23.8 Å². The normalized spacial score (nSPS) is 10.7. The summed E-state index contributed by atoms with van der Waals surface area (Å²) in [6, 6.07) is 5.15. The highest BCUT2D eigenvalue weighted by atomic mass is 16.5. The van der Waals surface area contributed by atoms with Crippen LogP contribution in [0.3, 0.4) is 0 Å². The van der Waals surface area contributed by atoms with Crippen LogP contribution in [0, 0.1) is 0 Å². The molecule has 1 aromatic carbocycles. The molecule has 0 radical (unpaired) electrons. The summed E-state index contributed by atoms with van der Waals surface area (Å²) in [7, 11) is 5.61. The number of hydrogen-bond acceptors (Lipinski definition) is 4. The van der Waals surface area contributed by atoms with Crippen molar-refractivity contribution < 1.29 is 9.53 Å². The van der Waals surface area contributed by atoms with Crippen LogP contribution in [-0.4, -0.2) is 56.5 Å². The predicted octanol–water partition coefficient (Wildman–Crippen LogP) is 1.69. The van der Waals surface area contributed by atoms with Crippen molar-refractivity contribution in [2.75, 3.05) is 46.6 Å². The molecule has 5 nitrogen and oxygen atoms in total. The highest BCUT2D eigenvalue weighted by molar-refractivity contribution is 5.95. The second kappa shape index (κ2) is 7.75. The van der Waals surface area contributed by atoms with Crippen LogP contribution in [0.1, 0.15) is 23.7 Å². The molecule has 112 valence electrons. The third-order valence-electron chi connectivity index (χ3n) is 3.18. The summed E-state index contributed by atoms with van der Waals surface area (Å²) < 4.78 is 5.16. The number of benzene rings is 1. The summed E-state index contributed by atoms with van der Waals surface area (Å²) in [5.74, 6) is 0.560. The lowest BCUT2D eigenvalue weighted by Gasteiger charge is -2.22. The van der Waals surface area contributed by atoms with Gasteiger partial charge in [-0.05, 0) is 52.2 Å². The van der Waals surface area contributed by atoms with E-state index in [-0.39, 0.29) is 5.91 Å². The predicted molar refractivity (Wildman–Crippen MR) is 82.2 cm³/mol. The van der Waals surface area contributed by atoms with Gasteiger partial charge in [0.25, 0.3) is 5.91 Å². The van der Waals surface area contributed by atoms with Crippen molar-refractivity contribution in [2.24, 2.45) is 0 Å². The quantitative estimate of drug-likeness (QED) is 0.772. The Balaban J connectivity index is 2.75. The minimum absolute atomic E-state index is 0.0181. The van der Waals surface area contributed by atoms with Crippen LogP contribution in [0.5, 0.6) is 5.75 Å². The molecular formula is C15H25N3O2. The van der Waals surface area contributed by atoms with Crippen LogP contribution >= 0.6 is 0 Å². The highest BCUT2D eigenvalue weighted by Crippen LogP contribution is 2.23. The number of ether oxygens (including phenoxy) is 1. The molecule has 0 aromatic heterocycles. The third kappa shape index (κ3) is 4.42. The van der Waals surface area contributed by atoms with E-state index in [2.05, 4.69) is 4.90 Å². The molecule has 0 aliphatic carbocycles. The molecule has 0 saturated heterocycles. The molecule has 1 aromatic rings. The number of anilines is 1. The van der Waals surface area contributed by atoms with E-state index in [1.54, 1.807) is 25.3 Å². The van der Waals surface area contributed by atoms with E-state index in [0.29, 0.717) is 23.5 Å². The van der Waals surface area contributed by atoms with Crippen LogP contribution in [0.4, 0.5) is 5.69 Å². The van der Waals surface area contributed by atoms with Gasteiger partial charge in [0.05, 0.1) is 12.8 Å². The number of nitrogen functional groups attached to an aromatic ring is 1. The lowest BCUT2D eigenvalue weighted by Crippen LogP contribution is -2.33. The summed E-state index contributed by atoms with van der Waals surface area (Å²) in [6.45, 7) is 4.40. The van der Waals surface area contributed by atoms with Gasteiger partial charge < -0.3 is 20.3 Å². The molecule has 0 atom stereocenters. The Morgan fingerprint density at radius 2 is 2.00 bits per heavy atom.